The fourth-order valence-electron chi connectivity index (χ4n) is 1.63. The van der Waals surface area contributed by atoms with Gasteiger partial charge in [0.1, 0.15) is 11.6 Å². The van der Waals surface area contributed by atoms with E-state index in [-0.39, 0.29) is 17.5 Å². The molecule has 1 rings (SSSR count). The first kappa shape index (κ1) is 11.9. The summed E-state index contributed by atoms with van der Waals surface area (Å²) in [7, 11) is 0. The van der Waals surface area contributed by atoms with Crippen LogP contribution in [0.3, 0.4) is 0 Å². The molecule has 0 aromatic heterocycles. The second-order valence-electron chi connectivity index (χ2n) is 3.95. The number of carbonyl (C=O) groups is 1. The standard InChI is InChI=1S/C13H17FO/c1-3-4-13(15)9-10(2)11-5-7-12(14)8-6-11/h5-8,10H,3-4,9H2,1-2H3. The molecule has 1 nitrogen and oxygen atoms in total. The van der Waals surface area contributed by atoms with E-state index in [9.17, 15) is 9.18 Å². The molecule has 0 aliphatic heterocycles. The zero-order valence-corrected chi connectivity index (χ0v) is 9.29. The van der Waals surface area contributed by atoms with Gasteiger partial charge in [-0.15, -0.1) is 0 Å². The Hall–Kier alpha value is -1.18. The number of hydrogen-bond acceptors (Lipinski definition) is 1. The Balaban J connectivity index is 2.57. The van der Waals surface area contributed by atoms with Crippen molar-refractivity contribution in [3.63, 3.8) is 0 Å². The first-order valence-electron chi connectivity index (χ1n) is 5.40. The molecule has 1 aromatic rings. The first-order valence-corrected chi connectivity index (χ1v) is 5.40. The van der Waals surface area contributed by atoms with E-state index in [1.54, 1.807) is 12.1 Å². The lowest BCUT2D eigenvalue weighted by atomic mass is 9.94. The lowest BCUT2D eigenvalue weighted by Gasteiger charge is -2.10. The van der Waals surface area contributed by atoms with Crippen LogP contribution in [0, 0.1) is 5.82 Å². The summed E-state index contributed by atoms with van der Waals surface area (Å²) in [6, 6.07) is 6.38. The van der Waals surface area contributed by atoms with Crippen molar-refractivity contribution in [2.24, 2.45) is 0 Å². The molecule has 0 N–H and O–H groups in total. The lowest BCUT2D eigenvalue weighted by molar-refractivity contribution is -0.119. The van der Waals surface area contributed by atoms with E-state index in [0.29, 0.717) is 12.8 Å². The normalized spacial score (nSPS) is 12.5. The molecule has 1 aromatic carbocycles. The monoisotopic (exact) mass is 208 g/mol. The van der Waals surface area contributed by atoms with Crippen molar-refractivity contribution in [1.82, 2.24) is 0 Å². The highest BCUT2D eigenvalue weighted by molar-refractivity contribution is 5.79. The molecule has 0 radical (unpaired) electrons. The minimum atomic E-state index is -0.231. The van der Waals surface area contributed by atoms with E-state index in [0.717, 1.165) is 12.0 Å². The summed E-state index contributed by atoms with van der Waals surface area (Å²) in [5.74, 6) is 0.241. The van der Waals surface area contributed by atoms with Crippen LogP contribution in [0.2, 0.25) is 0 Å². The van der Waals surface area contributed by atoms with E-state index in [2.05, 4.69) is 0 Å². The van der Waals surface area contributed by atoms with Gasteiger partial charge in [0.2, 0.25) is 0 Å². The third-order valence-electron chi connectivity index (χ3n) is 2.50. The van der Waals surface area contributed by atoms with Crippen molar-refractivity contribution < 1.29 is 9.18 Å². The molecule has 15 heavy (non-hydrogen) atoms. The fourth-order valence-corrected chi connectivity index (χ4v) is 1.63. The maximum absolute atomic E-state index is 12.7. The molecule has 0 aliphatic rings. The van der Waals surface area contributed by atoms with Gasteiger partial charge in [-0.2, -0.15) is 0 Å². The Morgan fingerprint density at radius 1 is 1.33 bits per heavy atom. The summed E-state index contributed by atoms with van der Waals surface area (Å²) in [6.45, 7) is 4.00. The van der Waals surface area contributed by atoms with Crippen LogP contribution < -0.4 is 0 Å². The highest BCUT2D eigenvalue weighted by Gasteiger charge is 2.10. The van der Waals surface area contributed by atoms with Crippen molar-refractivity contribution in [2.45, 2.75) is 39.0 Å². The molecule has 0 aliphatic carbocycles. The maximum Gasteiger partial charge on any atom is 0.133 e. The largest absolute Gasteiger partial charge is 0.300 e. The lowest BCUT2D eigenvalue weighted by Crippen LogP contribution is -2.03. The van der Waals surface area contributed by atoms with E-state index in [4.69, 9.17) is 0 Å². The molecular formula is C13H17FO. The van der Waals surface area contributed by atoms with Crippen LogP contribution in [0.5, 0.6) is 0 Å². The summed E-state index contributed by atoms with van der Waals surface area (Å²) >= 11 is 0. The van der Waals surface area contributed by atoms with Crippen LogP contribution in [0.4, 0.5) is 4.39 Å². The SMILES string of the molecule is CCCC(=O)CC(C)c1ccc(F)cc1. The van der Waals surface area contributed by atoms with Gasteiger partial charge >= 0.3 is 0 Å². The maximum atomic E-state index is 12.7. The topological polar surface area (TPSA) is 17.1 Å². The van der Waals surface area contributed by atoms with Gasteiger partial charge in [-0.05, 0) is 30.0 Å². The first-order chi connectivity index (χ1) is 7.13. The Kier molecular flexibility index (Phi) is 4.47. The van der Waals surface area contributed by atoms with E-state index < -0.39 is 0 Å². The smallest absolute Gasteiger partial charge is 0.133 e. The Morgan fingerprint density at radius 2 is 1.93 bits per heavy atom. The van der Waals surface area contributed by atoms with Crippen LogP contribution in [-0.2, 0) is 4.79 Å². The van der Waals surface area contributed by atoms with Crippen molar-refractivity contribution in [1.29, 1.82) is 0 Å². The molecule has 0 amide bonds. The van der Waals surface area contributed by atoms with E-state index in [1.165, 1.54) is 12.1 Å². The second kappa shape index (κ2) is 5.64. The predicted octanol–water partition coefficient (Wildman–Crippen LogP) is 3.69. The summed E-state index contributed by atoms with van der Waals surface area (Å²) in [5.41, 5.74) is 1.03. The zero-order chi connectivity index (χ0) is 11.3. The summed E-state index contributed by atoms with van der Waals surface area (Å²) < 4.78 is 12.7. The Morgan fingerprint density at radius 3 is 2.47 bits per heavy atom. The molecular weight excluding hydrogens is 191 g/mol. The van der Waals surface area contributed by atoms with Gasteiger partial charge in [0.05, 0.1) is 0 Å². The number of benzene rings is 1. The van der Waals surface area contributed by atoms with Crippen LogP contribution in [0.25, 0.3) is 0 Å². The van der Waals surface area contributed by atoms with Crippen LogP contribution in [-0.4, -0.2) is 5.78 Å². The number of halogens is 1. The third-order valence-corrected chi connectivity index (χ3v) is 2.50. The summed E-state index contributed by atoms with van der Waals surface area (Å²) in [4.78, 5) is 11.4. The number of carbonyl (C=O) groups excluding carboxylic acids is 1. The summed E-state index contributed by atoms with van der Waals surface area (Å²) in [6.07, 6.45) is 2.10. The van der Waals surface area contributed by atoms with Crippen molar-refractivity contribution >= 4 is 5.78 Å². The highest BCUT2D eigenvalue weighted by atomic mass is 19.1. The minimum absolute atomic E-state index is 0.185. The van der Waals surface area contributed by atoms with Crippen molar-refractivity contribution in [3.05, 3.63) is 35.6 Å². The van der Waals surface area contributed by atoms with Gasteiger partial charge in [-0.3, -0.25) is 4.79 Å². The summed E-state index contributed by atoms with van der Waals surface area (Å²) in [5, 5.41) is 0. The van der Waals surface area contributed by atoms with Gasteiger partial charge in [0, 0.05) is 12.8 Å². The molecule has 82 valence electrons. The Bertz CT molecular complexity index is 316. The fraction of sp³-hybridized carbons (Fsp3) is 0.462. The van der Waals surface area contributed by atoms with Crippen LogP contribution in [0.1, 0.15) is 44.6 Å². The second-order valence-corrected chi connectivity index (χ2v) is 3.95. The molecule has 0 spiro atoms. The van der Waals surface area contributed by atoms with Crippen LogP contribution in [0.15, 0.2) is 24.3 Å². The van der Waals surface area contributed by atoms with Gasteiger partial charge in [-0.1, -0.05) is 26.0 Å². The predicted molar refractivity (Wildman–Crippen MR) is 59.3 cm³/mol. The number of Topliss-reactive ketones (excluding diaryl/α,β-unsaturated/α-hetero) is 1. The van der Waals surface area contributed by atoms with Crippen LogP contribution >= 0.6 is 0 Å². The van der Waals surface area contributed by atoms with Gasteiger partial charge in [0.15, 0.2) is 0 Å². The number of hydrogen-bond donors (Lipinski definition) is 0. The number of rotatable bonds is 5. The molecule has 0 saturated heterocycles. The molecule has 1 atom stereocenters. The molecule has 0 heterocycles. The van der Waals surface area contributed by atoms with Gasteiger partial charge in [0.25, 0.3) is 0 Å². The minimum Gasteiger partial charge on any atom is -0.300 e. The molecule has 2 heteroatoms. The average Bonchev–Trinajstić information content (AvgIpc) is 2.18. The van der Waals surface area contributed by atoms with Crippen molar-refractivity contribution in [3.8, 4) is 0 Å². The highest BCUT2D eigenvalue weighted by Crippen LogP contribution is 2.20. The molecule has 0 fully saturated rings. The zero-order valence-electron chi connectivity index (χ0n) is 9.29. The molecule has 0 bridgehead atoms. The van der Waals surface area contributed by atoms with Gasteiger partial charge in [-0.25, -0.2) is 4.39 Å². The van der Waals surface area contributed by atoms with E-state index in [1.807, 2.05) is 13.8 Å². The quantitative estimate of drug-likeness (QED) is 0.721. The number of ketones is 1. The van der Waals surface area contributed by atoms with Gasteiger partial charge < -0.3 is 0 Å². The Labute approximate surface area is 90.3 Å². The third kappa shape index (κ3) is 3.82. The van der Waals surface area contributed by atoms with Crippen molar-refractivity contribution in [2.75, 3.05) is 0 Å². The molecule has 0 saturated carbocycles. The average molecular weight is 208 g/mol. The molecule has 1 unspecified atom stereocenters. The van der Waals surface area contributed by atoms with E-state index >= 15 is 0 Å².